The van der Waals surface area contributed by atoms with Crippen LogP contribution >= 0.6 is 0 Å². The van der Waals surface area contributed by atoms with Crippen molar-refractivity contribution in [3.05, 3.63) is 107 Å². The Kier molecular flexibility index (Phi) is 4.04. The zero-order valence-corrected chi connectivity index (χ0v) is 13.8. The zero-order valence-electron chi connectivity index (χ0n) is 13.8. The molecular weight excluding hydrogens is 307 g/mol. The second kappa shape index (κ2) is 6.36. The maximum Gasteiger partial charge on any atom is 0.488 e. The molecule has 2 nitrogen and oxygen atoms in total. The highest BCUT2D eigenvalue weighted by Gasteiger charge is 2.37. The van der Waals surface area contributed by atoms with Gasteiger partial charge in [0.15, 0.2) is 0 Å². The first-order valence-electron chi connectivity index (χ1n) is 8.49. The van der Waals surface area contributed by atoms with Gasteiger partial charge in [0, 0.05) is 5.41 Å². The molecule has 122 valence electrons. The van der Waals surface area contributed by atoms with Gasteiger partial charge in [0.1, 0.15) is 0 Å². The fourth-order valence-corrected chi connectivity index (χ4v) is 3.85. The highest BCUT2D eigenvalue weighted by molar-refractivity contribution is 6.59. The molecule has 2 N–H and O–H groups in total. The van der Waals surface area contributed by atoms with Crippen molar-refractivity contribution in [1.82, 2.24) is 0 Å². The summed E-state index contributed by atoms with van der Waals surface area (Å²) < 4.78 is 0. The van der Waals surface area contributed by atoms with E-state index < -0.39 is 12.5 Å². The Hall–Kier alpha value is -2.62. The molecule has 4 rings (SSSR count). The van der Waals surface area contributed by atoms with Gasteiger partial charge in [-0.25, -0.2) is 0 Å². The smallest absolute Gasteiger partial charge is 0.423 e. The SMILES string of the molecule is OB(O)c1ccccc1C1(c2ccccc2)C=Cc2ccccc2C1. The minimum absolute atomic E-state index is 0.421. The van der Waals surface area contributed by atoms with E-state index in [0.29, 0.717) is 5.46 Å². The molecule has 3 heteroatoms. The number of hydrogen-bond acceptors (Lipinski definition) is 2. The van der Waals surface area contributed by atoms with Crippen LogP contribution in [0.4, 0.5) is 0 Å². The summed E-state index contributed by atoms with van der Waals surface area (Å²) in [7, 11) is -1.50. The van der Waals surface area contributed by atoms with Crippen molar-refractivity contribution in [3.63, 3.8) is 0 Å². The van der Waals surface area contributed by atoms with Crippen LogP contribution in [0, 0.1) is 0 Å². The van der Waals surface area contributed by atoms with E-state index in [-0.39, 0.29) is 0 Å². The average molecular weight is 326 g/mol. The van der Waals surface area contributed by atoms with Crippen LogP contribution in [-0.2, 0) is 11.8 Å². The van der Waals surface area contributed by atoms with Gasteiger partial charge < -0.3 is 10.0 Å². The number of fused-ring (bicyclic) bond motifs is 1. The lowest BCUT2D eigenvalue weighted by Gasteiger charge is -2.37. The summed E-state index contributed by atoms with van der Waals surface area (Å²) in [6.07, 6.45) is 5.13. The number of allylic oxidation sites excluding steroid dienone is 1. The van der Waals surface area contributed by atoms with Gasteiger partial charge in [0.2, 0.25) is 0 Å². The largest absolute Gasteiger partial charge is 0.488 e. The maximum atomic E-state index is 9.92. The Balaban J connectivity index is 1.97. The topological polar surface area (TPSA) is 40.5 Å². The van der Waals surface area contributed by atoms with Crippen LogP contribution in [0.5, 0.6) is 0 Å². The van der Waals surface area contributed by atoms with Crippen molar-refractivity contribution in [2.75, 3.05) is 0 Å². The molecule has 1 atom stereocenters. The lowest BCUT2D eigenvalue weighted by molar-refractivity contribution is 0.424. The Morgan fingerprint density at radius 3 is 2.24 bits per heavy atom. The minimum atomic E-state index is -1.50. The van der Waals surface area contributed by atoms with Crippen molar-refractivity contribution in [3.8, 4) is 0 Å². The first-order chi connectivity index (χ1) is 12.2. The van der Waals surface area contributed by atoms with Crippen LogP contribution in [0.1, 0.15) is 22.3 Å². The molecule has 3 aromatic rings. The summed E-state index contributed by atoms with van der Waals surface area (Å²) in [6, 6.07) is 26.2. The predicted octanol–water partition coefficient (Wildman–Crippen LogP) is 2.92. The van der Waals surface area contributed by atoms with Crippen molar-refractivity contribution >= 4 is 18.7 Å². The highest BCUT2D eigenvalue weighted by Crippen LogP contribution is 2.40. The Morgan fingerprint density at radius 1 is 0.760 bits per heavy atom. The van der Waals surface area contributed by atoms with Gasteiger partial charge in [0.05, 0.1) is 0 Å². The Morgan fingerprint density at radius 2 is 1.44 bits per heavy atom. The normalized spacial score (nSPS) is 18.6. The lowest BCUT2D eigenvalue weighted by Crippen LogP contribution is -2.42. The molecule has 0 saturated carbocycles. The summed E-state index contributed by atoms with van der Waals surface area (Å²) in [6.45, 7) is 0. The third-order valence-corrected chi connectivity index (χ3v) is 5.08. The summed E-state index contributed by atoms with van der Waals surface area (Å²) in [4.78, 5) is 0. The second-order valence-corrected chi connectivity index (χ2v) is 6.51. The van der Waals surface area contributed by atoms with Gasteiger partial charge in [-0.05, 0) is 34.1 Å². The molecule has 0 aromatic heterocycles. The monoisotopic (exact) mass is 326 g/mol. The van der Waals surface area contributed by atoms with Crippen molar-refractivity contribution in [2.45, 2.75) is 11.8 Å². The molecule has 0 radical (unpaired) electrons. The lowest BCUT2D eigenvalue weighted by atomic mass is 9.62. The number of hydrogen-bond donors (Lipinski definition) is 2. The molecule has 0 spiro atoms. The van der Waals surface area contributed by atoms with Crippen LogP contribution in [0.15, 0.2) is 84.9 Å². The molecular formula is C22H19BO2. The first-order valence-corrected chi connectivity index (χ1v) is 8.49. The molecule has 25 heavy (non-hydrogen) atoms. The van der Waals surface area contributed by atoms with Crippen LogP contribution in [0.2, 0.25) is 0 Å². The van der Waals surface area contributed by atoms with E-state index in [9.17, 15) is 10.0 Å². The fourth-order valence-electron chi connectivity index (χ4n) is 3.85. The molecule has 0 bridgehead atoms. The van der Waals surface area contributed by atoms with Crippen LogP contribution < -0.4 is 5.46 Å². The van der Waals surface area contributed by atoms with Crippen molar-refractivity contribution in [2.24, 2.45) is 0 Å². The highest BCUT2D eigenvalue weighted by atomic mass is 16.4. The molecule has 0 saturated heterocycles. The first kappa shape index (κ1) is 15.9. The quantitative estimate of drug-likeness (QED) is 0.727. The van der Waals surface area contributed by atoms with E-state index in [1.165, 1.54) is 11.1 Å². The van der Waals surface area contributed by atoms with E-state index in [0.717, 1.165) is 17.5 Å². The van der Waals surface area contributed by atoms with Gasteiger partial charge in [-0.2, -0.15) is 0 Å². The third-order valence-electron chi connectivity index (χ3n) is 5.08. The van der Waals surface area contributed by atoms with Crippen LogP contribution in [-0.4, -0.2) is 17.2 Å². The third kappa shape index (κ3) is 2.72. The van der Waals surface area contributed by atoms with E-state index in [1.54, 1.807) is 6.07 Å². The Labute approximate surface area is 148 Å². The standard InChI is InChI=1S/C22H19BO2/c24-23(25)21-13-7-6-12-20(21)22(19-10-2-1-3-11-19)15-14-17-8-4-5-9-18(17)16-22/h1-15,24-25H,16H2. The van der Waals surface area contributed by atoms with E-state index >= 15 is 0 Å². The van der Waals surface area contributed by atoms with E-state index in [1.807, 2.05) is 42.5 Å². The molecule has 1 aliphatic rings. The summed E-state index contributed by atoms with van der Waals surface area (Å²) in [5, 5.41) is 19.8. The fraction of sp³-hybridized carbons (Fsp3) is 0.0909. The van der Waals surface area contributed by atoms with Gasteiger partial charge in [-0.3, -0.25) is 0 Å². The molecule has 0 amide bonds. The predicted molar refractivity (Wildman–Crippen MR) is 103 cm³/mol. The molecule has 0 heterocycles. The van der Waals surface area contributed by atoms with Crippen LogP contribution in [0.25, 0.3) is 6.08 Å². The maximum absolute atomic E-state index is 9.92. The molecule has 0 fully saturated rings. The summed E-state index contributed by atoms with van der Waals surface area (Å²) >= 11 is 0. The number of rotatable bonds is 3. The average Bonchev–Trinajstić information content (AvgIpc) is 2.68. The van der Waals surface area contributed by atoms with Gasteiger partial charge in [-0.15, -0.1) is 0 Å². The minimum Gasteiger partial charge on any atom is -0.423 e. The zero-order chi connectivity index (χ0) is 17.3. The molecule has 3 aromatic carbocycles. The van der Waals surface area contributed by atoms with Crippen molar-refractivity contribution in [1.29, 1.82) is 0 Å². The van der Waals surface area contributed by atoms with E-state index in [4.69, 9.17) is 0 Å². The number of benzene rings is 3. The van der Waals surface area contributed by atoms with Crippen LogP contribution in [0.3, 0.4) is 0 Å². The van der Waals surface area contributed by atoms with E-state index in [2.05, 4.69) is 42.5 Å². The van der Waals surface area contributed by atoms with Gasteiger partial charge >= 0.3 is 7.12 Å². The second-order valence-electron chi connectivity index (χ2n) is 6.51. The molecule has 1 aliphatic carbocycles. The molecule has 1 unspecified atom stereocenters. The summed E-state index contributed by atoms with van der Waals surface area (Å²) in [5.74, 6) is 0. The van der Waals surface area contributed by atoms with Gasteiger partial charge in [0.25, 0.3) is 0 Å². The van der Waals surface area contributed by atoms with Gasteiger partial charge in [-0.1, -0.05) is 91.0 Å². The summed E-state index contributed by atoms with van der Waals surface area (Å²) in [5.41, 5.74) is 4.69. The van der Waals surface area contributed by atoms with Crippen molar-refractivity contribution < 1.29 is 10.0 Å². The molecule has 0 aliphatic heterocycles. The Bertz CT molecular complexity index is 918.